The van der Waals surface area contributed by atoms with Crippen molar-refractivity contribution in [1.82, 2.24) is 10.3 Å². The number of nitrogens with zero attached hydrogens (tertiary/aromatic N) is 1. The molecule has 2 rings (SSSR count). The molecular weight excluding hydrogens is 262 g/mol. The Morgan fingerprint density at radius 3 is 2.90 bits per heavy atom. The van der Waals surface area contributed by atoms with Gasteiger partial charge in [0.2, 0.25) is 0 Å². The van der Waals surface area contributed by atoms with Crippen molar-refractivity contribution in [3.8, 4) is 11.8 Å². The van der Waals surface area contributed by atoms with Crippen LogP contribution in [0.5, 0.6) is 0 Å². The van der Waals surface area contributed by atoms with E-state index in [0.29, 0.717) is 18.7 Å². The number of benzene rings is 1. The third-order valence-corrected chi connectivity index (χ3v) is 2.83. The lowest BCUT2D eigenvalue weighted by Crippen LogP contribution is -2.23. The van der Waals surface area contributed by atoms with Crippen LogP contribution < -0.4 is 11.1 Å². The Bertz CT molecular complexity index is 684. The first kappa shape index (κ1) is 14.8. The van der Waals surface area contributed by atoms with Crippen LogP contribution >= 0.6 is 0 Å². The molecule has 0 saturated heterocycles. The minimum atomic E-state index is -0.139. The molecule has 0 atom stereocenters. The summed E-state index contributed by atoms with van der Waals surface area (Å²) >= 11 is 0. The zero-order chi connectivity index (χ0) is 15.1. The third kappa shape index (κ3) is 4.44. The second-order valence-corrected chi connectivity index (χ2v) is 4.60. The Labute approximate surface area is 124 Å². The van der Waals surface area contributed by atoms with Crippen LogP contribution in [0.15, 0.2) is 42.6 Å². The van der Waals surface area contributed by atoms with E-state index in [9.17, 15) is 4.79 Å². The van der Waals surface area contributed by atoms with E-state index in [0.717, 1.165) is 16.8 Å². The van der Waals surface area contributed by atoms with E-state index in [4.69, 9.17) is 5.73 Å². The van der Waals surface area contributed by atoms with Crippen LogP contribution in [-0.2, 0) is 6.54 Å². The van der Waals surface area contributed by atoms with E-state index in [1.54, 1.807) is 12.3 Å². The van der Waals surface area contributed by atoms with Crippen molar-refractivity contribution in [2.75, 3.05) is 6.54 Å². The molecule has 1 amide bonds. The molecule has 2 aromatic rings. The molecule has 4 heteroatoms. The minimum Gasteiger partial charge on any atom is -0.346 e. The molecule has 0 aliphatic rings. The van der Waals surface area contributed by atoms with Crippen molar-refractivity contribution in [2.45, 2.75) is 13.5 Å². The van der Waals surface area contributed by atoms with E-state index in [-0.39, 0.29) is 5.91 Å². The highest BCUT2D eigenvalue weighted by molar-refractivity contribution is 5.94. The Balaban J connectivity index is 2.10. The van der Waals surface area contributed by atoms with E-state index in [1.165, 1.54) is 0 Å². The summed E-state index contributed by atoms with van der Waals surface area (Å²) < 4.78 is 0. The highest BCUT2D eigenvalue weighted by Gasteiger charge is 2.07. The summed E-state index contributed by atoms with van der Waals surface area (Å²) in [6.45, 7) is 2.63. The van der Waals surface area contributed by atoms with Gasteiger partial charge in [-0.25, -0.2) is 0 Å². The quantitative estimate of drug-likeness (QED) is 0.839. The lowest BCUT2D eigenvalue weighted by molar-refractivity contribution is 0.0950. The van der Waals surface area contributed by atoms with Gasteiger partial charge in [0.05, 0.1) is 18.8 Å². The van der Waals surface area contributed by atoms with Gasteiger partial charge in [-0.1, -0.05) is 17.9 Å². The van der Waals surface area contributed by atoms with Crippen LogP contribution in [0.25, 0.3) is 0 Å². The van der Waals surface area contributed by atoms with Gasteiger partial charge in [0, 0.05) is 17.3 Å². The Morgan fingerprint density at radius 1 is 1.33 bits per heavy atom. The number of nitrogens with two attached hydrogens (primary N) is 1. The van der Waals surface area contributed by atoms with Crippen molar-refractivity contribution < 1.29 is 4.79 Å². The number of pyridine rings is 1. The summed E-state index contributed by atoms with van der Waals surface area (Å²) in [7, 11) is 0. The first-order valence-corrected chi connectivity index (χ1v) is 6.68. The smallest absolute Gasteiger partial charge is 0.251 e. The van der Waals surface area contributed by atoms with Crippen molar-refractivity contribution >= 4 is 5.91 Å². The summed E-state index contributed by atoms with van der Waals surface area (Å²) in [5.41, 5.74) is 8.56. The van der Waals surface area contributed by atoms with Gasteiger partial charge in [0.25, 0.3) is 5.91 Å². The van der Waals surface area contributed by atoms with Crippen LogP contribution in [0.2, 0.25) is 0 Å². The van der Waals surface area contributed by atoms with Crippen LogP contribution in [0.4, 0.5) is 0 Å². The van der Waals surface area contributed by atoms with Crippen molar-refractivity contribution in [3.63, 3.8) is 0 Å². The molecular formula is C17H17N3O. The standard InChI is InChI=1S/C17H17N3O/c1-13-9-14(5-4-7-18)11-15(10-13)17(21)20-12-16-6-2-3-8-19-16/h2-3,6,8-11H,7,12,18H2,1H3,(H,20,21). The fourth-order valence-electron chi connectivity index (χ4n) is 1.92. The maximum atomic E-state index is 12.2. The second-order valence-electron chi connectivity index (χ2n) is 4.60. The van der Waals surface area contributed by atoms with Crippen molar-refractivity contribution in [1.29, 1.82) is 0 Å². The molecule has 0 radical (unpaired) electrons. The number of carbonyl (C=O) groups excluding carboxylic acids is 1. The van der Waals surface area contributed by atoms with Gasteiger partial charge in [-0.3, -0.25) is 9.78 Å². The molecule has 0 aliphatic heterocycles. The monoisotopic (exact) mass is 279 g/mol. The van der Waals surface area contributed by atoms with Crippen LogP contribution in [0.3, 0.4) is 0 Å². The number of aromatic nitrogens is 1. The molecule has 0 saturated carbocycles. The third-order valence-electron chi connectivity index (χ3n) is 2.83. The molecule has 1 aromatic heterocycles. The van der Waals surface area contributed by atoms with E-state index in [1.807, 2.05) is 37.3 Å². The van der Waals surface area contributed by atoms with E-state index >= 15 is 0 Å². The second kappa shape index (κ2) is 7.22. The van der Waals surface area contributed by atoms with Gasteiger partial charge in [-0.05, 0) is 42.8 Å². The first-order valence-electron chi connectivity index (χ1n) is 6.68. The average Bonchev–Trinajstić information content (AvgIpc) is 2.51. The number of rotatable bonds is 3. The molecule has 1 aromatic carbocycles. The van der Waals surface area contributed by atoms with Gasteiger partial charge >= 0.3 is 0 Å². The SMILES string of the molecule is Cc1cc(C#CCN)cc(C(=O)NCc2ccccn2)c1. The summed E-state index contributed by atoms with van der Waals surface area (Å²) in [6.07, 6.45) is 1.70. The number of hydrogen-bond acceptors (Lipinski definition) is 3. The lowest BCUT2D eigenvalue weighted by Gasteiger charge is -2.06. The first-order chi connectivity index (χ1) is 10.2. The van der Waals surface area contributed by atoms with E-state index < -0.39 is 0 Å². The van der Waals surface area contributed by atoms with E-state index in [2.05, 4.69) is 22.1 Å². The molecule has 4 nitrogen and oxygen atoms in total. The van der Waals surface area contributed by atoms with Gasteiger partial charge in [0.1, 0.15) is 0 Å². The van der Waals surface area contributed by atoms with Crippen molar-refractivity contribution in [3.05, 3.63) is 65.0 Å². The van der Waals surface area contributed by atoms with Crippen molar-refractivity contribution in [2.24, 2.45) is 5.73 Å². The Morgan fingerprint density at radius 2 is 2.19 bits per heavy atom. The van der Waals surface area contributed by atoms with Gasteiger partial charge in [0.15, 0.2) is 0 Å². The molecule has 1 heterocycles. The predicted octanol–water partition coefficient (Wildman–Crippen LogP) is 1.63. The molecule has 106 valence electrons. The maximum absolute atomic E-state index is 12.2. The van der Waals surface area contributed by atoms with Crippen LogP contribution in [-0.4, -0.2) is 17.4 Å². The molecule has 0 bridgehead atoms. The molecule has 0 spiro atoms. The topological polar surface area (TPSA) is 68.0 Å². The van der Waals surface area contributed by atoms with Gasteiger partial charge in [-0.2, -0.15) is 0 Å². The van der Waals surface area contributed by atoms with Gasteiger partial charge < -0.3 is 11.1 Å². The largest absolute Gasteiger partial charge is 0.346 e. The zero-order valence-corrected chi connectivity index (χ0v) is 11.9. The Kier molecular flexibility index (Phi) is 5.08. The number of carbonyl (C=O) groups is 1. The molecule has 3 N–H and O–H groups in total. The highest BCUT2D eigenvalue weighted by Crippen LogP contribution is 2.09. The van der Waals surface area contributed by atoms with Crippen LogP contribution in [0.1, 0.15) is 27.2 Å². The number of nitrogens with one attached hydrogen (secondary N) is 1. The summed E-state index contributed by atoms with van der Waals surface area (Å²) in [5.74, 6) is 5.60. The minimum absolute atomic E-state index is 0.139. The average molecular weight is 279 g/mol. The summed E-state index contributed by atoms with van der Waals surface area (Å²) in [5, 5.41) is 2.85. The molecule has 21 heavy (non-hydrogen) atoms. The predicted molar refractivity (Wildman–Crippen MR) is 82.5 cm³/mol. The number of amides is 1. The maximum Gasteiger partial charge on any atom is 0.251 e. The molecule has 0 aliphatic carbocycles. The van der Waals surface area contributed by atoms with Crippen LogP contribution in [0, 0.1) is 18.8 Å². The lowest BCUT2D eigenvalue weighted by atomic mass is 10.1. The normalized spacial score (nSPS) is 9.62. The zero-order valence-electron chi connectivity index (χ0n) is 11.9. The summed E-state index contributed by atoms with van der Waals surface area (Å²) in [6, 6.07) is 11.1. The van der Waals surface area contributed by atoms with Gasteiger partial charge in [-0.15, -0.1) is 0 Å². The number of aryl methyl sites for hydroxylation is 1. The summed E-state index contributed by atoms with van der Waals surface area (Å²) in [4.78, 5) is 16.4. The fourth-order valence-corrected chi connectivity index (χ4v) is 1.92. The number of hydrogen-bond donors (Lipinski definition) is 2. The Hall–Kier alpha value is -2.64. The molecule has 0 unspecified atom stereocenters. The highest BCUT2D eigenvalue weighted by atomic mass is 16.1. The molecule has 0 fully saturated rings. The fraction of sp³-hybridized carbons (Fsp3) is 0.176.